The van der Waals surface area contributed by atoms with Crippen molar-refractivity contribution in [2.24, 2.45) is 0 Å². The average Bonchev–Trinajstić information content (AvgIpc) is 2.60. The van der Waals surface area contributed by atoms with Gasteiger partial charge in [0.15, 0.2) is 23.3 Å². The Morgan fingerprint density at radius 3 is 2.48 bits per heavy atom. The SMILES string of the molecule is CCN(c1ncc(F)cc1F)c1nc(Cl)nc(N2CCC(C)(O)CC2)c1F. The van der Waals surface area contributed by atoms with Gasteiger partial charge in [-0.1, -0.05) is 0 Å². The second-order valence-electron chi connectivity index (χ2n) is 6.64. The molecule has 3 rings (SSSR count). The largest absolute Gasteiger partial charge is 0.390 e. The average molecular weight is 402 g/mol. The second kappa shape index (κ2) is 7.47. The molecule has 0 aromatic carbocycles. The van der Waals surface area contributed by atoms with Crippen LogP contribution >= 0.6 is 11.6 Å². The van der Waals surface area contributed by atoms with E-state index in [1.165, 1.54) is 4.90 Å². The van der Waals surface area contributed by atoms with Gasteiger partial charge >= 0.3 is 0 Å². The van der Waals surface area contributed by atoms with Crippen LogP contribution in [0.2, 0.25) is 5.28 Å². The number of aromatic nitrogens is 3. The molecule has 146 valence electrons. The minimum Gasteiger partial charge on any atom is -0.390 e. The van der Waals surface area contributed by atoms with Crippen LogP contribution in [0.5, 0.6) is 0 Å². The van der Waals surface area contributed by atoms with Crippen LogP contribution in [0, 0.1) is 17.5 Å². The fraction of sp³-hybridized carbons (Fsp3) is 0.471. The van der Waals surface area contributed by atoms with Crippen molar-refractivity contribution >= 4 is 29.1 Å². The minimum absolute atomic E-state index is 0.0264. The first kappa shape index (κ1) is 19.6. The van der Waals surface area contributed by atoms with E-state index in [1.807, 2.05) is 0 Å². The molecule has 0 radical (unpaired) electrons. The number of hydrogen-bond donors (Lipinski definition) is 1. The first-order valence-corrected chi connectivity index (χ1v) is 8.88. The molecule has 1 saturated heterocycles. The lowest BCUT2D eigenvalue weighted by Crippen LogP contribution is -2.43. The number of piperidine rings is 1. The molecule has 2 aromatic rings. The van der Waals surface area contributed by atoms with Crippen LogP contribution < -0.4 is 9.80 Å². The van der Waals surface area contributed by atoms with E-state index in [4.69, 9.17) is 11.6 Å². The van der Waals surface area contributed by atoms with Gasteiger partial charge in [-0.3, -0.25) is 0 Å². The summed E-state index contributed by atoms with van der Waals surface area (Å²) in [6, 6.07) is 0.666. The maximum atomic E-state index is 15.2. The van der Waals surface area contributed by atoms with E-state index in [-0.39, 0.29) is 29.3 Å². The van der Waals surface area contributed by atoms with Crippen molar-refractivity contribution in [3.8, 4) is 0 Å². The smallest absolute Gasteiger partial charge is 0.226 e. The number of halogens is 4. The van der Waals surface area contributed by atoms with E-state index < -0.39 is 23.1 Å². The lowest BCUT2D eigenvalue weighted by molar-refractivity contribution is 0.0349. The summed E-state index contributed by atoms with van der Waals surface area (Å²) in [6.07, 6.45) is 1.72. The molecule has 1 N–H and O–H groups in total. The van der Waals surface area contributed by atoms with Crippen molar-refractivity contribution in [1.29, 1.82) is 0 Å². The summed E-state index contributed by atoms with van der Waals surface area (Å²) < 4.78 is 42.5. The molecule has 0 atom stereocenters. The lowest BCUT2D eigenvalue weighted by atomic mass is 9.94. The number of pyridine rings is 1. The highest BCUT2D eigenvalue weighted by Crippen LogP contribution is 2.34. The van der Waals surface area contributed by atoms with Crippen LogP contribution in [0.3, 0.4) is 0 Å². The van der Waals surface area contributed by atoms with Crippen LogP contribution in [-0.4, -0.2) is 45.3 Å². The zero-order valence-electron chi connectivity index (χ0n) is 14.9. The molecule has 6 nitrogen and oxygen atoms in total. The van der Waals surface area contributed by atoms with Crippen LogP contribution in [0.1, 0.15) is 26.7 Å². The van der Waals surface area contributed by atoms with Crippen molar-refractivity contribution in [1.82, 2.24) is 15.0 Å². The Morgan fingerprint density at radius 1 is 1.22 bits per heavy atom. The summed E-state index contributed by atoms with van der Waals surface area (Å²) in [4.78, 5) is 14.4. The standard InChI is InChI=1S/C17H19ClF3N5O/c1-3-26(13-11(20)8-10(19)9-22-13)15-12(21)14(23-16(18)24-15)25-6-4-17(2,27)5-7-25/h8-9,27H,3-7H2,1-2H3. The third kappa shape index (κ3) is 4.08. The van der Waals surface area contributed by atoms with E-state index in [0.29, 0.717) is 32.0 Å². The Morgan fingerprint density at radius 2 is 1.89 bits per heavy atom. The lowest BCUT2D eigenvalue weighted by Gasteiger charge is -2.36. The van der Waals surface area contributed by atoms with Gasteiger partial charge in [-0.25, -0.2) is 13.8 Å². The van der Waals surface area contributed by atoms with Crippen molar-refractivity contribution < 1.29 is 18.3 Å². The quantitative estimate of drug-likeness (QED) is 0.792. The molecule has 1 aliphatic heterocycles. The van der Waals surface area contributed by atoms with Gasteiger partial charge in [0, 0.05) is 25.7 Å². The van der Waals surface area contributed by atoms with Gasteiger partial charge in [0.2, 0.25) is 11.1 Å². The summed E-state index contributed by atoms with van der Waals surface area (Å²) >= 11 is 5.98. The molecule has 2 aromatic heterocycles. The third-order valence-corrected chi connectivity index (χ3v) is 4.71. The van der Waals surface area contributed by atoms with E-state index >= 15 is 4.39 Å². The van der Waals surface area contributed by atoms with Crippen molar-refractivity contribution in [2.75, 3.05) is 29.4 Å². The summed E-state index contributed by atoms with van der Waals surface area (Å²) in [5.74, 6) is -3.10. The third-order valence-electron chi connectivity index (χ3n) is 4.55. The fourth-order valence-corrected chi connectivity index (χ4v) is 3.15. The van der Waals surface area contributed by atoms with Crippen LogP contribution in [0.4, 0.5) is 30.6 Å². The maximum absolute atomic E-state index is 15.2. The molecule has 3 heterocycles. The van der Waals surface area contributed by atoms with Gasteiger partial charge in [-0.15, -0.1) is 0 Å². The molecule has 0 spiro atoms. The number of aliphatic hydroxyl groups is 1. The number of rotatable bonds is 4. The predicted octanol–water partition coefficient (Wildman–Crippen LogP) is 3.45. The van der Waals surface area contributed by atoms with Crippen molar-refractivity contribution in [2.45, 2.75) is 32.3 Å². The molecular formula is C17H19ClF3N5O. The highest BCUT2D eigenvalue weighted by atomic mass is 35.5. The van der Waals surface area contributed by atoms with Gasteiger partial charge in [-0.05, 0) is 38.3 Å². The fourth-order valence-electron chi connectivity index (χ4n) is 2.99. The zero-order chi connectivity index (χ0) is 19.8. The topological polar surface area (TPSA) is 65.4 Å². The van der Waals surface area contributed by atoms with Crippen LogP contribution in [0.15, 0.2) is 12.3 Å². The van der Waals surface area contributed by atoms with Gasteiger partial charge < -0.3 is 14.9 Å². The first-order valence-electron chi connectivity index (χ1n) is 8.51. The number of nitrogens with zero attached hydrogens (tertiary/aromatic N) is 5. The van der Waals surface area contributed by atoms with E-state index in [0.717, 1.165) is 6.20 Å². The Hall–Kier alpha value is -2.13. The molecule has 1 fully saturated rings. The number of anilines is 3. The van der Waals surface area contributed by atoms with Gasteiger partial charge in [0.25, 0.3) is 0 Å². The van der Waals surface area contributed by atoms with Crippen LogP contribution in [-0.2, 0) is 0 Å². The van der Waals surface area contributed by atoms with E-state index in [2.05, 4.69) is 15.0 Å². The van der Waals surface area contributed by atoms with Gasteiger partial charge in [0.1, 0.15) is 5.82 Å². The van der Waals surface area contributed by atoms with E-state index in [1.54, 1.807) is 18.7 Å². The Labute approximate surface area is 159 Å². The molecule has 0 saturated carbocycles. The zero-order valence-corrected chi connectivity index (χ0v) is 15.6. The van der Waals surface area contributed by atoms with Crippen molar-refractivity contribution in [3.63, 3.8) is 0 Å². The summed E-state index contributed by atoms with van der Waals surface area (Å²) in [7, 11) is 0. The summed E-state index contributed by atoms with van der Waals surface area (Å²) in [5, 5.41) is 9.87. The summed E-state index contributed by atoms with van der Waals surface area (Å²) in [6.45, 7) is 4.25. The number of hydrogen-bond acceptors (Lipinski definition) is 6. The molecule has 0 amide bonds. The Kier molecular flexibility index (Phi) is 5.43. The summed E-state index contributed by atoms with van der Waals surface area (Å²) in [5.41, 5.74) is -0.816. The normalized spacial score (nSPS) is 16.5. The molecule has 1 aliphatic rings. The second-order valence-corrected chi connectivity index (χ2v) is 6.98. The molecular weight excluding hydrogens is 383 g/mol. The van der Waals surface area contributed by atoms with E-state index in [9.17, 15) is 13.9 Å². The molecule has 0 aliphatic carbocycles. The van der Waals surface area contributed by atoms with Crippen LogP contribution in [0.25, 0.3) is 0 Å². The molecule has 0 bridgehead atoms. The maximum Gasteiger partial charge on any atom is 0.226 e. The monoisotopic (exact) mass is 401 g/mol. The first-order chi connectivity index (χ1) is 12.7. The Bertz CT molecular complexity index is 842. The predicted molar refractivity (Wildman–Crippen MR) is 95.9 cm³/mol. The highest BCUT2D eigenvalue weighted by molar-refractivity contribution is 6.28. The van der Waals surface area contributed by atoms with Gasteiger partial charge in [-0.2, -0.15) is 14.4 Å². The Balaban J connectivity index is 2.01. The highest BCUT2D eigenvalue weighted by Gasteiger charge is 2.31. The van der Waals surface area contributed by atoms with Crippen molar-refractivity contribution in [3.05, 3.63) is 35.0 Å². The van der Waals surface area contributed by atoms with Gasteiger partial charge in [0.05, 0.1) is 11.8 Å². The molecule has 10 heteroatoms. The minimum atomic E-state index is -0.943. The molecule has 0 unspecified atom stereocenters. The molecule has 27 heavy (non-hydrogen) atoms.